The third kappa shape index (κ3) is 1.30. The number of ketones is 1. The van der Waals surface area contributed by atoms with Gasteiger partial charge in [-0.1, -0.05) is 0 Å². The molecule has 0 spiro atoms. The van der Waals surface area contributed by atoms with Crippen LogP contribution in [0.4, 0.5) is 0 Å². The van der Waals surface area contributed by atoms with E-state index in [4.69, 9.17) is 9.47 Å². The minimum Gasteiger partial charge on any atom is -0.350 e. The van der Waals surface area contributed by atoms with Crippen LogP contribution in [0.5, 0.6) is 0 Å². The molecule has 1 heterocycles. The van der Waals surface area contributed by atoms with E-state index in [1.807, 2.05) is 0 Å². The highest BCUT2D eigenvalue weighted by atomic mass is 16.7. The van der Waals surface area contributed by atoms with E-state index in [-0.39, 0.29) is 12.2 Å². The molecule has 78 valence electrons. The number of hydrogen-bond acceptors (Lipinski definition) is 3. The first-order valence-corrected chi connectivity index (χ1v) is 5.61. The molecule has 0 aromatic carbocycles. The molecule has 0 aromatic heterocycles. The Balaban J connectivity index is 1.64. The Morgan fingerprint density at radius 2 is 2.00 bits per heavy atom. The second kappa shape index (κ2) is 3.31. The van der Waals surface area contributed by atoms with Crippen LogP contribution in [0.3, 0.4) is 0 Å². The van der Waals surface area contributed by atoms with Crippen LogP contribution < -0.4 is 0 Å². The number of rotatable bonds is 2. The average Bonchev–Trinajstić information content (AvgIpc) is 2.87. The molecule has 3 atom stereocenters. The Morgan fingerprint density at radius 1 is 1.21 bits per heavy atom. The fourth-order valence-electron chi connectivity index (χ4n) is 3.23. The molecule has 0 aromatic rings. The smallest absolute Gasteiger partial charge is 0.158 e. The summed E-state index contributed by atoms with van der Waals surface area (Å²) < 4.78 is 10.8. The molecule has 0 N–H and O–H groups in total. The van der Waals surface area contributed by atoms with Crippen LogP contribution in [0.2, 0.25) is 0 Å². The van der Waals surface area contributed by atoms with E-state index in [1.54, 1.807) is 0 Å². The monoisotopic (exact) mass is 196 g/mol. The summed E-state index contributed by atoms with van der Waals surface area (Å²) in [7, 11) is 0. The summed E-state index contributed by atoms with van der Waals surface area (Å²) in [5, 5.41) is 0. The third-order valence-electron chi connectivity index (χ3n) is 3.95. The topological polar surface area (TPSA) is 35.5 Å². The molecular formula is C11H16O3. The van der Waals surface area contributed by atoms with E-state index in [0.29, 0.717) is 30.8 Å². The predicted molar refractivity (Wildman–Crippen MR) is 49.6 cm³/mol. The zero-order valence-corrected chi connectivity index (χ0v) is 8.28. The highest BCUT2D eigenvalue weighted by Crippen LogP contribution is 2.47. The molecular weight excluding hydrogens is 180 g/mol. The van der Waals surface area contributed by atoms with Gasteiger partial charge in [0.1, 0.15) is 5.78 Å². The molecule has 1 saturated heterocycles. The van der Waals surface area contributed by atoms with Crippen molar-refractivity contribution < 1.29 is 14.3 Å². The minimum atomic E-state index is -0.0942. The molecule has 0 unspecified atom stereocenters. The molecule has 14 heavy (non-hydrogen) atoms. The van der Waals surface area contributed by atoms with Gasteiger partial charge in [-0.25, -0.2) is 0 Å². The van der Waals surface area contributed by atoms with E-state index >= 15 is 0 Å². The van der Waals surface area contributed by atoms with Gasteiger partial charge in [0.05, 0.1) is 13.2 Å². The van der Waals surface area contributed by atoms with Gasteiger partial charge in [0.2, 0.25) is 0 Å². The standard InChI is InChI=1S/C11H16O3/c12-11-8-2-1-7(5-8)9(11)6-10-13-3-4-14-10/h7-10H,1-6H2/t7-,8+,9-/m1/s1. The molecule has 3 fully saturated rings. The van der Waals surface area contributed by atoms with Gasteiger partial charge in [0.15, 0.2) is 6.29 Å². The van der Waals surface area contributed by atoms with Gasteiger partial charge in [-0.15, -0.1) is 0 Å². The van der Waals surface area contributed by atoms with E-state index in [9.17, 15) is 4.79 Å². The van der Waals surface area contributed by atoms with Gasteiger partial charge >= 0.3 is 0 Å². The van der Waals surface area contributed by atoms with Crippen molar-refractivity contribution in [3.63, 3.8) is 0 Å². The van der Waals surface area contributed by atoms with Crippen LogP contribution in [0.15, 0.2) is 0 Å². The molecule has 0 radical (unpaired) electrons. The van der Waals surface area contributed by atoms with Crippen molar-refractivity contribution in [3.05, 3.63) is 0 Å². The Bertz CT molecular complexity index is 245. The largest absolute Gasteiger partial charge is 0.350 e. The van der Waals surface area contributed by atoms with Crippen molar-refractivity contribution >= 4 is 5.78 Å². The van der Waals surface area contributed by atoms with Crippen LogP contribution >= 0.6 is 0 Å². The number of fused-ring (bicyclic) bond motifs is 2. The SMILES string of the molecule is O=C1[C@H]2CC[C@H](C2)[C@H]1CC1OCCO1. The maximum atomic E-state index is 11.8. The van der Waals surface area contributed by atoms with Gasteiger partial charge < -0.3 is 9.47 Å². The number of Topliss-reactive ketones (excluding diaryl/α,β-unsaturated/α-hetero) is 1. The van der Waals surface area contributed by atoms with E-state index < -0.39 is 0 Å². The Kier molecular flexibility index (Phi) is 2.10. The summed E-state index contributed by atoms with van der Waals surface area (Å²) in [5.74, 6) is 1.75. The first-order valence-electron chi connectivity index (χ1n) is 5.61. The quantitative estimate of drug-likeness (QED) is 0.669. The van der Waals surface area contributed by atoms with Crippen LogP contribution in [0.1, 0.15) is 25.7 Å². The maximum absolute atomic E-state index is 11.8. The second-order valence-corrected chi connectivity index (χ2v) is 4.69. The zero-order valence-electron chi connectivity index (χ0n) is 8.28. The molecule has 3 heteroatoms. The molecule has 3 nitrogen and oxygen atoms in total. The van der Waals surface area contributed by atoms with Crippen molar-refractivity contribution in [3.8, 4) is 0 Å². The van der Waals surface area contributed by atoms with E-state index in [1.165, 1.54) is 6.42 Å². The fraction of sp³-hybridized carbons (Fsp3) is 0.909. The van der Waals surface area contributed by atoms with Crippen LogP contribution in [0.25, 0.3) is 0 Å². The number of hydrogen-bond donors (Lipinski definition) is 0. The molecule has 1 aliphatic heterocycles. The second-order valence-electron chi connectivity index (χ2n) is 4.69. The first kappa shape index (κ1) is 8.86. The zero-order chi connectivity index (χ0) is 9.54. The fourth-order valence-corrected chi connectivity index (χ4v) is 3.23. The Labute approximate surface area is 83.8 Å². The third-order valence-corrected chi connectivity index (χ3v) is 3.95. The van der Waals surface area contributed by atoms with Gasteiger partial charge in [-0.3, -0.25) is 4.79 Å². The van der Waals surface area contributed by atoms with Crippen molar-refractivity contribution in [1.82, 2.24) is 0 Å². The molecule has 3 rings (SSSR count). The highest BCUT2D eigenvalue weighted by molar-refractivity contribution is 5.86. The number of carbonyl (C=O) groups is 1. The normalized spacial score (nSPS) is 42.6. The summed E-state index contributed by atoms with van der Waals surface area (Å²) in [6.45, 7) is 1.39. The highest BCUT2D eigenvalue weighted by Gasteiger charge is 2.47. The number of ether oxygens (including phenoxy) is 2. The Morgan fingerprint density at radius 3 is 2.64 bits per heavy atom. The van der Waals surface area contributed by atoms with Crippen molar-refractivity contribution in [1.29, 1.82) is 0 Å². The molecule has 2 saturated carbocycles. The molecule has 0 amide bonds. The van der Waals surface area contributed by atoms with E-state index in [2.05, 4.69) is 0 Å². The van der Waals surface area contributed by atoms with E-state index in [0.717, 1.165) is 19.3 Å². The van der Waals surface area contributed by atoms with Crippen LogP contribution in [-0.4, -0.2) is 25.3 Å². The lowest BCUT2D eigenvalue weighted by atomic mass is 9.85. The lowest BCUT2D eigenvalue weighted by molar-refractivity contribution is -0.130. The molecule has 2 bridgehead atoms. The summed E-state index contributed by atoms with van der Waals surface area (Å²) in [6.07, 6.45) is 4.22. The Hall–Kier alpha value is -0.410. The summed E-state index contributed by atoms with van der Waals surface area (Å²) in [4.78, 5) is 11.8. The van der Waals surface area contributed by atoms with Crippen LogP contribution in [0, 0.1) is 17.8 Å². The lowest BCUT2D eigenvalue weighted by Crippen LogP contribution is -2.26. The van der Waals surface area contributed by atoms with Gasteiger partial charge in [0.25, 0.3) is 0 Å². The van der Waals surface area contributed by atoms with Gasteiger partial charge in [-0.05, 0) is 25.2 Å². The molecule has 3 aliphatic rings. The van der Waals surface area contributed by atoms with Crippen molar-refractivity contribution in [2.75, 3.05) is 13.2 Å². The van der Waals surface area contributed by atoms with Crippen molar-refractivity contribution in [2.45, 2.75) is 32.0 Å². The minimum absolute atomic E-state index is 0.0942. The lowest BCUT2D eigenvalue weighted by Gasteiger charge is -2.22. The average molecular weight is 196 g/mol. The maximum Gasteiger partial charge on any atom is 0.158 e. The van der Waals surface area contributed by atoms with Gasteiger partial charge in [0, 0.05) is 18.3 Å². The predicted octanol–water partition coefficient (Wildman–Crippen LogP) is 1.36. The van der Waals surface area contributed by atoms with Gasteiger partial charge in [-0.2, -0.15) is 0 Å². The molecule has 2 aliphatic carbocycles. The number of carbonyl (C=O) groups excluding carboxylic acids is 1. The summed E-state index contributed by atoms with van der Waals surface area (Å²) in [5.41, 5.74) is 0. The summed E-state index contributed by atoms with van der Waals surface area (Å²) in [6, 6.07) is 0. The van der Waals surface area contributed by atoms with Crippen LogP contribution in [-0.2, 0) is 14.3 Å². The summed E-state index contributed by atoms with van der Waals surface area (Å²) >= 11 is 0. The van der Waals surface area contributed by atoms with Crippen molar-refractivity contribution in [2.24, 2.45) is 17.8 Å². The first-order chi connectivity index (χ1) is 6.84.